The molecule has 0 unspecified atom stereocenters. The Labute approximate surface area is 180 Å². The lowest BCUT2D eigenvalue weighted by atomic mass is 10.0. The molecule has 1 aromatic heterocycles. The number of likely N-dealkylation sites (tertiary alicyclic amines) is 1. The number of rotatable bonds is 6. The van der Waals surface area contributed by atoms with Crippen molar-refractivity contribution in [3.8, 4) is 0 Å². The molecule has 8 nitrogen and oxygen atoms in total. The van der Waals surface area contributed by atoms with Crippen LogP contribution in [-0.2, 0) is 27.9 Å². The minimum Gasteiger partial charge on any atom is -0.408 e. The largest absolute Gasteiger partial charge is 0.420 e. The Hall–Kier alpha value is -2.91. The van der Waals surface area contributed by atoms with Gasteiger partial charge in [-0.25, -0.2) is 17.9 Å². The van der Waals surface area contributed by atoms with Gasteiger partial charge in [-0.15, -0.1) is 0 Å². The highest BCUT2D eigenvalue weighted by Crippen LogP contribution is 2.20. The first-order valence-corrected chi connectivity index (χ1v) is 11.8. The lowest BCUT2D eigenvalue weighted by Gasteiger charge is -2.30. The monoisotopic (exact) mass is 443 g/mol. The van der Waals surface area contributed by atoms with Gasteiger partial charge in [-0.3, -0.25) is 9.36 Å². The van der Waals surface area contributed by atoms with E-state index in [-0.39, 0.29) is 29.5 Å². The maximum atomic E-state index is 12.7. The van der Waals surface area contributed by atoms with E-state index in [0.717, 1.165) is 18.4 Å². The standard InChI is InChI=1S/C22H25N3O5S/c1-16-6-5-11-24(14-16)21(26)15-25-19-10-9-18(12-20(19)30-22(25)27)31(28,29)23-13-17-7-3-2-4-8-17/h2-4,7-10,12,16,23H,5-6,11,13-15H2,1H3/t16-/m1/s1. The molecule has 31 heavy (non-hydrogen) atoms. The van der Waals surface area contributed by atoms with Crippen LogP contribution in [-0.4, -0.2) is 36.9 Å². The van der Waals surface area contributed by atoms with Gasteiger partial charge in [0.1, 0.15) is 6.54 Å². The molecule has 1 N–H and O–H groups in total. The minimum atomic E-state index is -3.80. The van der Waals surface area contributed by atoms with Crippen LogP contribution in [0.3, 0.4) is 0 Å². The van der Waals surface area contributed by atoms with Gasteiger partial charge in [0.05, 0.1) is 10.4 Å². The SMILES string of the molecule is C[C@@H]1CCCN(C(=O)Cn2c(=O)oc3cc(S(=O)(=O)NCc4ccccc4)ccc32)C1. The van der Waals surface area contributed by atoms with Gasteiger partial charge in [0.25, 0.3) is 0 Å². The van der Waals surface area contributed by atoms with E-state index < -0.39 is 15.8 Å². The number of oxazole rings is 1. The molecule has 164 valence electrons. The summed E-state index contributed by atoms with van der Waals surface area (Å²) >= 11 is 0. The van der Waals surface area contributed by atoms with Crippen molar-refractivity contribution in [2.75, 3.05) is 13.1 Å². The molecule has 9 heteroatoms. The quantitative estimate of drug-likeness (QED) is 0.630. The number of sulfonamides is 1. The fourth-order valence-electron chi connectivity index (χ4n) is 3.87. The maximum absolute atomic E-state index is 12.7. The Morgan fingerprint density at radius 3 is 2.71 bits per heavy atom. The van der Waals surface area contributed by atoms with Gasteiger partial charge in [0.2, 0.25) is 15.9 Å². The summed E-state index contributed by atoms with van der Waals surface area (Å²) in [6.45, 7) is 3.49. The molecule has 3 aromatic rings. The van der Waals surface area contributed by atoms with Crippen molar-refractivity contribution in [3.63, 3.8) is 0 Å². The second kappa shape index (κ2) is 8.68. The molecular formula is C22H25N3O5S. The van der Waals surface area contributed by atoms with Crippen LogP contribution in [0.2, 0.25) is 0 Å². The van der Waals surface area contributed by atoms with Gasteiger partial charge in [0, 0.05) is 25.7 Å². The molecular weight excluding hydrogens is 418 g/mol. The van der Waals surface area contributed by atoms with Gasteiger partial charge < -0.3 is 9.32 Å². The summed E-state index contributed by atoms with van der Waals surface area (Å²) in [4.78, 5) is 26.8. The van der Waals surface area contributed by atoms with E-state index >= 15 is 0 Å². The number of carbonyl (C=O) groups excluding carboxylic acids is 1. The Bertz CT molecular complexity index is 1250. The highest BCUT2D eigenvalue weighted by molar-refractivity contribution is 7.89. The number of amides is 1. The lowest BCUT2D eigenvalue weighted by molar-refractivity contribution is -0.133. The summed E-state index contributed by atoms with van der Waals surface area (Å²) in [6.07, 6.45) is 2.04. The van der Waals surface area contributed by atoms with E-state index in [4.69, 9.17) is 4.42 Å². The topological polar surface area (TPSA) is 102 Å². The van der Waals surface area contributed by atoms with Crippen molar-refractivity contribution in [2.45, 2.75) is 37.8 Å². The molecule has 4 rings (SSSR count). The van der Waals surface area contributed by atoms with E-state index in [2.05, 4.69) is 11.6 Å². The zero-order valence-corrected chi connectivity index (χ0v) is 18.1. The van der Waals surface area contributed by atoms with Crippen molar-refractivity contribution in [1.82, 2.24) is 14.2 Å². The lowest BCUT2D eigenvalue weighted by Crippen LogP contribution is -2.41. The third kappa shape index (κ3) is 4.72. The Balaban J connectivity index is 1.54. The first kappa shape index (κ1) is 21.3. The van der Waals surface area contributed by atoms with Gasteiger partial charge >= 0.3 is 5.76 Å². The van der Waals surface area contributed by atoms with Gasteiger partial charge in [-0.1, -0.05) is 37.3 Å². The molecule has 1 aliphatic rings. The maximum Gasteiger partial charge on any atom is 0.420 e. The van der Waals surface area contributed by atoms with Crippen molar-refractivity contribution in [3.05, 3.63) is 64.6 Å². The van der Waals surface area contributed by atoms with Gasteiger partial charge in [-0.2, -0.15) is 0 Å². The van der Waals surface area contributed by atoms with Crippen LogP contribution in [0.5, 0.6) is 0 Å². The van der Waals surface area contributed by atoms with E-state index in [0.29, 0.717) is 24.5 Å². The number of nitrogens with one attached hydrogen (secondary N) is 1. The molecule has 1 amide bonds. The molecule has 1 fully saturated rings. The summed E-state index contributed by atoms with van der Waals surface area (Å²) in [6, 6.07) is 13.4. The number of carbonyl (C=O) groups is 1. The smallest absolute Gasteiger partial charge is 0.408 e. The summed E-state index contributed by atoms with van der Waals surface area (Å²) in [5.74, 6) is -0.385. The van der Waals surface area contributed by atoms with E-state index in [1.165, 1.54) is 22.8 Å². The molecule has 0 radical (unpaired) electrons. The van der Waals surface area contributed by atoms with Crippen LogP contribution >= 0.6 is 0 Å². The number of nitrogens with zero attached hydrogens (tertiary/aromatic N) is 2. The highest BCUT2D eigenvalue weighted by Gasteiger charge is 2.23. The number of aromatic nitrogens is 1. The molecule has 1 atom stereocenters. The van der Waals surface area contributed by atoms with Gasteiger partial charge in [-0.05, 0) is 36.5 Å². The summed E-state index contributed by atoms with van der Waals surface area (Å²) in [5.41, 5.74) is 1.35. The number of benzene rings is 2. The van der Waals surface area contributed by atoms with Crippen LogP contribution in [0.25, 0.3) is 11.1 Å². The van der Waals surface area contributed by atoms with Crippen LogP contribution in [0, 0.1) is 5.92 Å². The normalized spacial score (nSPS) is 17.2. The molecule has 0 bridgehead atoms. The fourth-order valence-corrected chi connectivity index (χ4v) is 4.91. The summed E-state index contributed by atoms with van der Waals surface area (Å²) in [7, 11) is -3.80. The molecule has 0 spiro atoms. The third-order valence-electron chi connectivity index (χ3n) is 5.56. The number of hydrogen-bond acceptors (Lipinski definition) is 5. The number of fused-ring (bicyclic) bond motifs is 1. The Morgan fingerprint density at radius 1 is 1.19 bits per heavy atom. The first-order chi connectivity index (χ1) is 14.8. The van der Waals surface area contributed by atoms with E-state index in [1.54, 1.807) is 4.90 Å². The minimum absolute atomic E-state index is 0.00647. The number of piperidine rings is 1. The second-order valence-corrected chi connectivity index (χ2v) is 9.75. The molecule has 2 heterocycles. The third-order valence-corrected chi connectivity index (χ3v) is 6.96. The first-order valence-electron chi connectivity index (χ1n) is 10.3. The van der Waals surface area contributed by atoms with Crippen molar-refractivity contribution < 1.29 is 17.6 Å². The van der Waals surface area contributed by atoms with E-state index in [1.807, 2.05) is 30.3 Å². The fraction of sp³-hybridized carbons (Fsp3) is 0.364. The zero-order chi connectivity index (χ0) is 22.0. The van der Waals surface area contributed by atoms with Crippen LogP contribution < -0.4 is 10.5 Å². The van der Waals surface area contributed by atoms with Crippen LogP contribution in [0.15, 0.2) is 62.6 Å². The predicted molar refractivity (Wildman–Crippen MR) is 116 cm³/mol. The average molecular weight is 444 g/mol. The molecule has 2 aromatic carbocycles. The molecule has 0 saturated carbocycles. The zero-order valence-electron chi connectivity index (χ0n) is 17.3. The second-order valence-electron chi connectivity index (χ2n) is 7.98. The van der Waals surface area contributed by atoms with Crippen molar-refractivity contribution in [2.24, 2.45) is 5.92 Å². The van der Waals surface area contributed by atoms with Crippen LogP contribution in [0.4, 0.5) is 0 Å². The van der Waals surface area contributed by atoms with Crippen molar-refractivity contribution >= 4 is 27.0 Å². The van der Waals surface area contributed by atoms with Gasteiger partial charge in [0.15, 0.2) is 5.58 Å². The Morgan fingerprint density at radius 2 is 1.97 bits per heavy atom. The molecule has 1 saturated heterocycles. The molecule has 1 aliphatic heterocycles. The predicted octanol–water partition coefficient (Wildman–Crippen LogP) is 2.33. The molecule has 0 aliphatic carbocycles. The van der Waals surface area contributed by atoms with Crippen molar-refractivity contribution in [1.29, 1.82) is 0 Å². The average Bonchev–Trinajstić information content (AvgIpc) is 3.07. The van der Waals surface area contributed by atoms with E-state index in [9.17, 15) is 18.0 Å². The summed E-state index contributed by atoms with van der Waals surface area (Å²) < 4.78 is 34.4. The number of hydrogen-bond donors (Lipinski definition) is 1. The highest BCUT2D eigenvalue weighted by atomic mass is 32.2. The summed E-state index contributed by atoms with van der Waals surface area (Å²) in [5, 5.41) is 0. The Kier molecular flexibility index (Phi) is 5.97. The van der Waals surface area contributed by atoms with Crippen LogP contribution in [0.1, 0.15) is 25.3 Å².